The van der Waals surface area contributed by atoms with Gasteiger partial charge in [0.2, 0.25) is 11.8 Å². The molecule has 0 spiro atoms. The Balaban J connectivity index is 1.61. The molecule has 2 heterocycles. The zero-order valence-corrected chi connectivity index (χ0v) is 20.7. The summed E-state index contributed by atoms with van der Waals surface area (Å²) in [5.74, 6) is -0.875. The summed E-state index contributed by atoms with van der Waals surface area (Å²) in [6.45, 7) is 2.10. The lowest BCUT2D eigenvalue weighted by atomic mass is 10.0. The number of carbonyl (C=O) groups is 3. The van der Waals surface area contributed by atoms with E-state index >= 15 is 0 Å². The van der Waals surface area contributed by atoms with Crippen molar-refractivity contribution in [1.29, 1.82) is 0 Å². The molecule has 1 fully saturated rings. The number of hydrogen-bond acceptors (Lipinski definition) is 5. The Labute approximate surface area is 209 Å². The van der Waals surface area contributed by atoms with E-state index in [2.05, 4.69) is 17.6 Å². The van der Waals surface area contributed by atoms with Crippen LogP contribution in [0.1, 0.15) is 65.2 Å². The first-order valence-corrected chi connectivity index (χ1v) is 13.0. The predicted molar refractivity (Wildman–Crippen MR) is 135 cm³/mol. The monoisotopic (exact) mass is 493 g/mol. The van der Waals surface area contributed by atoms with Crippen molar-refractivity contribution >= 4 is 29.1 Å². The fraction of sp³-hybridized carbons (Fsp3) is 0.370. The highest BCUT2D eigenvalue weighted by atomic mass is 32.1. The third-order valence-electron chi connectivity index (χ3n) is 6.34. The summed E-state index contributed by atoms with van der Waals surface area (Å²) in [5.41, 5.74) is 1.91. The van der Waals surface area contributed by atoms with Gasteiger partial charge in [-0.1, -0.05) is 50.1 Å². The van der Waals surface area contributed by atoms with Crippen LogP contribution in [-0.2, 0) is 22.6 Å². The van der Waals surface area contributed by atoms with Gasteiger partial charge in [-0.2, -0.15) is 0 Å². The molecule has 0 bridgehead atoms. The van der Waals surface area contributed by atoms with E-state index in [1.165, 1.54) is 23.7 Å². The Hall–Kier alpha value is -3.39. The Morgan fingerprint density at radius 1 is 1.09 bits per heavy atom. The minimum absolute atomic E-state index is 0.122. The van der Waals surface area contributed by atoms with Gasteiger partial charge in [-0.25, -0.2) is 0 Å². The zero-order chi connectivity index (χ0) is 24.6. The second-order valence-corrected chi connectivity index (χ2v) is 9.78. The summed E-state index contributed by atoms with van der Waals surface area (Å²) in [5, 5.41) is 7.75. The van der Waals surface area contributed by atoms with Crippen molar-refractivity contribution in [2.24, 2.45) is 0 Å². The molecule has 8 heteroatoms. The molecule has 3 aromatic rings. The Morgan fingerprint density at radius 3 is 2.49 bits per heavy atom. The van der Waals surface area contributed by atoms with E-state index < -0.39 is 11.9 Å². The highest BCUT2D eigenvalue weighted by Crippen LogP contribution is 2.27. The molecule has 0 radical (unpaired) electrons. The Bertz CT molecular complexity index is 1100. The van der Waals surface area contributed by atoms with Crippen LogP contribution in [0.4, 0.5) is 0 Å². The second-order valence-electron chi connectivity index (χ2n) is 8.75. The summed E-state index contributed by atoms with van der Waals surface area (Å²) in [7, 11) is 0. The quantitative estimate of drug-likeness (QED) is 0.436. The van der Waals surface area contributed by atoms with Crippen LogP contribution in [0.3, 0.4) is 0 Å². The number of hydrogen-bond donors (Lipinski definition) is 2. The maximum atomic E-state index is 13.6. The van der Waals surface area contributed by atoms with Gasteiger partial charge in [0.1, 0.15) is 6.04 Å². The van der Waals surface area contributed by atoms with Gasteiger partial charge in [0.25, 0.3) is 5.91 Å². The molecule has 1 unspecified atom stereocenters. The third-order valence-corrected chi connectivity index (χ3v) is 7.20. The van der Waals surface area contributed by atoms with E-state index in [1.807, 2.05) is 41.8 Å². The summed E-state index contributed by atoms with van der Waals surface area (Å²) in [6.07, 6.45) is 6.38. The van der Waals surface area contributed by atoms with Gasteiger partial charge in [0.15, 0.2) is 5.76 Å². The molecule has 35 heavy (non-hydrogen) atoms. The molecule has 1 saturated carbocycles. The number of rotatable bonds is 10. The van der Waals surface area contributed by atoms with E-state index in [9.17, 15) is 14.4 Å². The number of nitrogens with zero attached hydrogens (tertiary/aromatic N) is 1. The molecule has 184 valence electrons. The number of amides is 3. The van der Waals surface area contributed by atoms with Gasteiger partial charge in [0.05, 0.1) is 19.4 Å². The SMILES string of the molecule is CCc1ccc(C(C(=O)NC2CCCC2)N(Cc2cccs2)C(=O)CNC(=O)c2ccco2)cc1. The van der Waals surface area contributed by atoms with E-state index in [1.54, 1.807) is 11.0 Å². The lowest BCUT2D eigenvalue weighted by molar-refractivity contribution is -0.141. The standard InChI is InChI=1S/C27H31N3O4S/c1-2-19-11-13-20(14-12-19)25(27(33)29-21-7-3-4-8-21)30(18-22-9-6-16-35-22)24(31)17-28-26(32)23-10-5-15-34-23/h5-6,9-16,21,25H,2-4,7-8,17-18H2,1H3,(H,28,32)(H,29,33). The van der Waals surface area contributed by atoms with Crippen LogP contribution in [0, 0.1) is 0 Å². The van der Waals surface area contributed by atoms with E-state index in [-0.39, 0.29) is 36.7 Å². The molecule has 1 aliphatic rings. The van der Waals surface area contributed by atoms with Crippen molar-refractivity contribution in [3.05, 3.63) is 81.9 Å². The lowest BCUT2D eigenvalue weighted by Crippen LogP contribution is -2.48. The van der Waals surface area contributed by atoms with Crippen LogP contribution in [0.2, 0.25) is 0 Å². The van der Waals surface area contributed by atoms with Crippen molar-refractivity contribution in [3.63, 3.8) is 0 Å². The molecule has 1 aliphatic carbocycles. The maximum Gasteiger partial charge on any atom is 0.287 e. The fourth-order valence-electron chi connectivity index (χ4n) is 4.40. The van der Waals surface area contributed by atoms with Crippen LogP contribution in [0.25, 0.3) is 0 Å². The van der Waals surface area contributed by atoms with Crippen molar-refractivity contribution in [1.82, 2.24) is 15.5 Å². The summed E-state index contributed by atoms with van der Waals surface area (Å²) >= 11 is 1.53. The van der Waals surface area contributed by atoms with Crippen molar-refractivity contribution < 1.29 is 18.8 Å². The van der Waals surface area contributed by atoms with Gasteiger partial charge in [-0.05, 0) is 54.0 Å². The number of furan rings is 1. The molecular weight excluding hydrogens is 462 g/mol. The highest BCUT2D eigenvalue weighted by molar-refractivity contribution is 7.09. The molecule has 1 atom stereocenters. The van der Waals surface area contributed by atoms with Gasteiger partial charge < -0.3 is 20.0 Å². The summed E-state index contributed by atoms with van der Waals surface area (Å²) < 4.78 is 5.13. The Morgan fingerprint density at radius 2 is 1.86 bits per heavy atom. The molecule has 7 nitrogen and oxygen atoms in total. The van der Waals surface area contributed by atoms with Crippen LogP contribution < -0.4 is 10.6 Å². The number of aryl methyl sites for hydroxylation is 1. The minimum Gasteiger partial charge on any atom is -0.459 e. The molecule has 4 rings (SSSR count). The predicted octanol–water partition coefficient (Wildman–Crippen LogP) is 4.46. The van der Waals surface area contributed by atoms with Crippen LogP contribution >= 0.6 is 11.3 Å². The number of nitrogens with one attached hydrogen (secondary N) is 2. The highest BCUT2D eigenvalue weighted by Gasteiger charge is 2.33. The first-order chi connectivity index (χ1) is 17.0. The molecule has 0 aliphatic heterocycles. The molecule has 3 amide bonds. The fourth-order valence-corrected chi connectivity index (χ4v) is 5.11. The van der Waals surface area contributed by atoms with Crippen LogP contribution in [-0.4, -0.2) is 35.2 Å². The average molecular weight is 494 g/mol. The normalized spacial score (nSPS) is 14.4. The average Bonchev–Trinajstić information content (AvgIpc) is 3.66. The maximum absolute atomic E-state index is 13.6. The lowest BCUT2D eigenvalue weighted by Gasteiger charge is -2.32. The molecule has 2 aromatic heterocycles. The van der Waals surface area contributed by atoms with E-state index in [0.29, 0.717) is 0 Å². The van der Waals surface area contributed by atoms with E-state index in [4.69, 9.17) is 4.42 Å². The first kappa shape index (κ1) is 24.7. The van der Waals surface area contributed by atoms with Crippen LogP contribution in [0.5, 0.6) is 0 Å². The summed E-state index contributed by atoms with van der Waals surface area (Å²) in [6, 6.07) is 14.2. The minimum atomic E-state index is -0.809. The molecular formula is C27H31N3O4S. The second kappa shape index (κ2) is 11.8. The molecule has 0 saturated heterocycles. The van der Waals surface area contributed by atoms with Crippen molar-refractivity contribution in [3.8, 4) is 0 Å². The number of carbonyl (C=O) groups excluding carboxylic acids is 3. The zero-order valence-electron chi connectivity index (χ0n) is 19.9. The molecule has 1 aromatic carbocycles. The van der Waals surface area contributed by atoms with Gasteiger partial charge in [0, 0.05) is 10.9 Å². The first-order valence-electron chi connectivity index (χ1n) is 12.1. The van der Waals surface area contributed by atoms with E-state index in [0.717, 1.165) is 48.1 Å². The van der Waals surface area contributed by atoms with Gasteiger partial charge in [-0.15, -0.1) is 11.3 Å². The molecule has 2 N–H and O–H groups in total. The smallest absolute Gasteiger partial charge is 0.287 e. The number of thiophene rings is 1. The largest absolute Gasteiger partial charge is 0.459 e. The van der Waals surface area contributed by atoms with Crippen molar-refractivity contribution in [2.45, 2.75) is 57.7 Å². The van der Waals surface area contributed by atoms with Crippen LogP contribution in [0.15, 0.2) is 64.6 Å². The topological polar surface area (TPSA) is 91.7 Å². The summed E-state index contributed by atoms with van der Waals surface area (Å²) in [4.78, 5) is 42.1. The van der Waals surface area contributed by atoms with Crippen molar-refractivity contribution in [2.75, 3.05) is 6.54 Å². The number of benzene rings is 1. The Kier molecular flexibility index (Phi) is 8.36. The third kappa shape index (κ3) is 6.39. The van der Waals surface area contributed by atoms with Gasteiger partial charge in [-0.3, -0.25) is 14.4 Å². The van der Waals surface area contributed by atoms with Gasteiger partial charge >= 0.3 is 0 Å².